The fourth-order valence-electron chi connectivity index (χ4n) is 4.53. The average Bonchev–Trinajstić information content (AvgIpc) is 3.06. The Morgan fingerprint density at radius 2 is 2.12 bits per heavy atom. The molecule has 1 unspecified atom stereocenters. The predicted octanol–water partition coefficient (Wildman–Crippen LogP) is 2.31. The normalized spacial score (nSPS) is 31.2. The second-order valence-electron chi connectivity index (χ2n) is 7.43. The van der Waals surface area contributed by atoms with E-state index in [4.69, 9.17) is 16.3 Å². The van der Waals surface area contributed by atoms with Crippen LogP contribution in [0.15, 0.2) is 11.0 Å². The minimum absolute atomic E-state index is 0.123. The highest BCUT2D eigenvalue weighted by Crippen LogP contribution is 2.41. The summed E-state index contributed by atoms with van der Waals surface area (Å²) in [6, 6.07) is 0.267. The van der Waals surface area contributed by atoms with Gasteiger partial charge in [0.25, 0.3) is 5.56 Å². The van der Waals surface area contributed by atoms with Gasteiger partial charge >= 0.3 is 6.09 Å². The van der Waals surface area contributed by atoms with Crippen molar-refractivity contribution in [3.05, 3.63) is 21.6 Å². The molecule has 0 spiro atoms. The first-order chi connectivity index (χ1) is 12.1. The van der Waals surface area contributed by atoms with E-state index in [0.717, 1.165) is 12.3 Å². The SMILES string of the molecule is O=C(NC1CC2CCC1CC2)O[C@@H]1CCN(c2cn[nH]c(=O)c2Cl)C1. The van der Waals surface area contributed by atoms with E-state index in [9.17, 15) is 9.59 Å². The van der Waals surface area contributed by atoms with Crippen LogP contribution in [0.1, 0.15) is 38.5 Å². The van der Waals surface area contributed by atoms with Crippen molar-refractivity contribution in [3.8, 4) is 0 Å². The molecule has 4 aliphatic rings. The van der Waals surface area contributed by atoms with Crippen molar-refractivity contribution >= 4 is 23.4 Å². The number of halogens is 1. The lowest BCUT2D eigenvalue weighted by Crippen LogP contribution is -2.48. The number of hydrogen-bond donors (Lipinski definition) is 2. The lowest BCUT2D eigenvalue weighted by atomic mass is 9.68. The van der Waals surface area contributed by atoms with Crippen LogP contribution in [0.25, 0.3) is 0 Å². The molecular weight excluding hydrogens is 344 g/mol. The Bertz CT molecular complexity index is 701. The van der Waals surface area contributed by atoms with Crippen molar-refractivity contribution in [1.82, 2.24) is 15.5 Å². The topological polar surface area (TPSA) is 87.3 Å². The molecule has 2 bridgehead atoms. The Balaban J connectivity index is 1.31. The van der Waals surface area contributed by atoms with Gasteiger partial charge in [0.05, 0.1) is 18.4 Å². The molecule has 1 amide bonds. The second-order valence-corrected chi connectivity index (χ2v) is 7.81. The summed E-state index contributed by atoms with van der Waals surface area (Å²) in [7, 11) is 0. The number of nitrogens with one attached hydrogen (secondary N) is 2. The molecule has 2 atom stereocenters. The average molecular weight is 367 g/mol. The molecule has 3 aliphatic carbocycles. The highest BCUT2D eigenvalue weighted by molar-refractivity contribution is 6.33. The van der Waals surface area contributed by atoms with E-state index < -0.39 is 5.56 Å². The zero-order chi connectivity index (χ0) is 17.4. The second kappa shape index (κ2) is 6.86. The summed E-state index contributed by atoms with van der Waals surface area (Å²) < 4.78 is 5.60. The molecular formula is C17H23ClN4O3. The number of carbonyl (C=O) groups excluding carboxylic acids is 1. The minimum atomic E-state index is -0.409. The predicted molar refractivity (Wildman–Crippen MR) is 94.0 cm³/mol. The number of carbonyl (C=O) groups is 1. The van der Waals surface area contributed by atoms with Crippen LogP contribution in [0.4, 0.5) is 10.5 Å². The number of alkyl carbamates (subject to hydrolysis) is 1. The van der Waals surface area contributed by atoms with E-state index in [2.05, 4.69) is 15.5 Å². The van der Waals surface area contributed by atoms with Gasteiger partial charge in [-0.1, -0.05) is 24.4 Å². The number of H-pyrrole nitrogens is 1. The molecule has 2 heterocycles. The van der Waals surface area contributed by atoms with Crippen LogP contribution in [-0.4, -0.2) is 41.5 Å². The van der Waals surface area contributed by atoms with Crippen molar-refractivity contribution in [2.45, 2.75) is 50.7 Å². The molecule has 5 rings (SSSR count). The van der Waals surface area contributed by atoms with Crippen LogP contribution in [0.5, 0.6) is 0 Å². The van der Waals surface area contributed by atoms with Gasteiger partial charge in [-0.25, -0.2) is 9.89 Å². The molecule has 4 fully saturated rings. The van der Waals surface area contributed by atoms with Gasteiger partial charge in [0.15, 0.2) is 0 Å². The number of fused-ring (bicyclic) bond motifs is 3. The van der Waals surface area contributed by atoms with Gasteiger partial charge in [-0.05, 0) is 31.1 Å². The van der Waals surface area contributed by atoms with Crippen molar-refractivity contribution in [1.29, 1.82) is 0 Å². The van der Waals surface area contributed by atoms with Crippen LogP contribution in [-0.2, 0) is 4.74 Å². The zero-order valence-electron chi connectivity index (χ0n) is 14.0. The molecule has 1 aliphatic heterocycles. The first-order valence-electron chi connectivity index (χ1n) is 9.05. The molecule has 0 aromatic carbocycles. The summed E-state index contributed by atoms with van der Waals surface area (Å²) in [6.07, 6.45) is 7.88. The number of nitrogens with zero attached hydrogens (tertiary/aromatic N) is 2. The summed E-state index contributed by atoms with van der Waals surface area (Å²) in [5.41, 5.74) is 0.176. The van der Waals surface area contributed by atoms with Gasteiger partial charge in [0.1, 0.15) is 11.1 Å². The lowest BCUT2D eigenvalue weighted by Gasteiger charge is -2.42. The Labute approximate surface area is 151 Å². The largest absolute Gasteiger partial charge is 0.444 e. The van der Waals surface area contributed by atoms with E-state index in [1.54, 1.807) is 0 Å². The molecule has 136 valence electrons. The van der Waals surface area contributed by atoms with Crippen molar-refractivity contribution in [2.24, 2.45) is 11.8 Å². The fraction of sp³-hybridized carbons (Fsp3) is 0.706. The van der Waals surface area contributed by atoms with E-state index in [1.807, 2.05) is 4.90 Å². The quantitative estimate of drug-likeness (QED) is 0.857. The number of anilines is 1. The third kappa shape index (κ3) is 3.47. The summed E-state index contributed by atoms with van der Waals surface area (Å²) in [5, 5.41) is 9.30. The maximum absolute atomic E-state index is 12.3. The highest BCUT2D eigenvalue weighted by Gasteiger charge is 2.37. The molecule has 2 N–H and O–H groups in total. The molecule has 1 aromatic rings. The van der Waals surface area contributed by atoms with Crippen LogP contribution >= 0.6 is 11.6 Å². The molecule has 0 radical (unpaired) electrons. The van der Waals surface area contributed by atoms with Gasteiger partial charge in [0, 0.05) is 19.0 Å². The molecule has 25 heavy (non-hydrogen) atoms. The highest BCUT2D eigenvalue weighted by atomic mass is 35.5. The van der Waals surface area contributed by atoms with E-state index in [-0.39, 0.29) is 23.3 Å². The van der Waals surface area contributed by atoms with Gasteiger partial charge in [-0.2, -0.15) is 5.10 Å². The summed E-state index contributed by atoms with van der Waals surface area (Å²) in [6.45, 7) is 1.20. The van der Waals surface area contributed by atoms with Crippen LogP contribution in [0, 0.1) is 11.8 Å². The summed E-state index contributed by atoms with van der Waals surface area (Å²) >= 11 is 6.05. The Hall–Kier alpha value is -1.76. The monoisotopic (exact) mass is 366 g/mol. The maximum Gasteiger partial charge on any atom is 0.407 e. The maximum atomic E-state index is 12.3. The van der Waals surface area contributed by atoms with Gasteiger partial charge in [-0.15, -0.1) is 0 Å². The van der Waals surface area contributed by atoms with Gasteiger partial charge in [0.2, 0.25) is 0 Å². The van der Waals surface area contributed by atoms with Crippen molar-refractivity contribution in [2.75, 3.05) is 18.0 Å². The Morgan fingerprint density at radius 3 is 2.84 bits per heavy atom. The smallest absolute Gasteiger partial charge is 0.407 e. The molecule has 1 aromatic heterocycles. The van der Waals surface area contributed by atoms with E-state index in [1.165, 1.54) is 31.9 Å². The number of hydrogen-bond acceptors (Lipinski definition) is 5. The van der Waals surface area contributed by atoms with E-state index in [0.29, 0.717) is 31.1 Å². The Kier molecular flexibility index (Phi) is 4.58. The van der Waals surface area contributed by atoms with E-state index >= 15 is 0 Å². The van der Waals surface area contributed by atoms with Crippen molar-refractivity contribution in [3.63, 3.8) is 0 Å². The number of rotatable bonds is 3. The zero-order valence-corrected chi connectivity index (χ0v) is 14.8. The fourth-order valence-corrected chi connectivity index (χ4v) is 4.74. The first kappa shape index (κ1) is 16.7. The van der Waals surface area contributed by atoms with Crippen molar-refractivity contribution < 1.29 is 9.53 Å². The van der Waals surface area contributed by atoms with Crippen LogP contribution < -0.4 is 15.8 Å². The number of aromatic nitrogens is 2. The third-order valence-corrected chi connectivity index (χ3v) is 6.25. The third-order valence-electron chi connectivity index (χ3n) is 5.89. The molecule has 8 heteroatoms. The molecule has 1 saturated heterocycles. The number of aromatic amines is 1. The molecule has 7 nitrogen and oxygen atoms in total. The standard InChI is InChI=1S/C17H23ClN4O3/c18-15-14(8-19-21-16(15)23)22-6-5-12(9-22)25-17(24)20-13-7-10-1-3-11(13)4-2-10/h8,10-13H,1-7,9H2,(H,20,24)(H,21,23)/t10?,11?,12-,13?/m1/s1. The summed E-state index contributed by atoms with van der Waals surface area (Å²) in [4.78, 5) is 25.8. The number of amides is 1. The van der Waals surface area contributed by atoms with Gasteiger partial charge in [-0.3, -0.25) is 4.79 Å². The van der Waals surface area contributed by atoms with Crippen LogP contribution in [0.2, 0.25) is 5.02 Å². The van der Waals surface area contributed by atoms with Crippen LogP contribution in [0.3, 0.4) is 0 Å². The lowest BCUT2D eigenvalue weighted by molar-refractivity contribution is 0.0808. The molecule has 3 saturated carbocycles. The van der Waals surface area contributed by atoms with Gasteiger partial charge < -0.3 is 15.0 Å². The number of ether oxygens (including phenoxy) is 1. The minimum Gasteiger partial charge on any atom is -0.444 e. The first-order valence-corrected chi connectivity index (χ1v) is 9.43. The summed E-state index contributed by atoms with van der Waals surface area (Å²) in [5.74, 6) is 1.38. The Morgan fingerprint density at radius 1 is 1.32 bits per heavy atom.